The van der Waals surface area contributed by atoms with Crippen LogP contribution >= 0.6 is 0 Å². The molecule has 1 aliphatic rings. The highest BCUT2D eigenvalue weighted by Gasteiger charge is 2.19. The Labute approximate surface area is 102 Å². The fraction of sp³-hybridized carbons (Fsp3) is 0.667. The first kappa shape index (κ1) is 12.1. The SMILES string of the molecule is CCn1cc(C(=O)NC2CCN(C)CC2)cn1. The lowest BCUT2D eigenvalue weighted by atomic mass is 10.1. The molecule has 0 aromatic carbocycles. The molecule has 1 saturated heterocycles. The summed E-state index contributed by atoms with van der Waals surface area (Å²) in [6, 6.07) is 0.309. The molecule has 1 aromatic heterocycles. The normalized spacial score (nSPS) is 18.2. The second-order valence-electron chi connectivity index (χ2n) is 4.64. The van der Waals surface area contributed by atoms with Gasteiger partial charge in [-0.15, -0.1) is 0 Å². The first-order valence-corrected chi connectivity index (χ1v) is 6.21. The van der Waals surface area contributed by atoms with Gasteiger partial charge in [0, 0.05) is 18.8 Å². The topological polar surface area (TPSA) is 50.2 Å². The van der Waals surface area contributed by atoms with Gasteiger partial charge in [0.1, 0.15) is 0 Å². The number of likely N-dealkylation sites (tertiary alicyclic amines) is 1. The average molecular weight is 236 g/mol. The molecule has 0 spiro atoms. The summed E-state index contributed by atoms with van der Waals surface area (Å²) in [6.07, 6.45) is 5.49. The molecule has 1 N–H and O–H groups in total. The summed E-state index contributed by atoms with van der Waals surface area (Å²) in [7, 11) is 2.11. The molecular formula is C12H20N4O. The largest absolute Gasteiger partial charge is 0.349 e. The molecule has 2 rings (SSSR count). The van der Waals surface area contributed by atoms with Crippen LogP contribution in [-0.2, 0) is 6.54 Å². The van der Waals surface area contributed by atoms with Crippen LogP contribution in [0.3, 0.4) is 0 Å². The minimum atomic E-state index is -0.000692. The van der Waals surface area contributed by atoms with Crippen molar-refractivity contribution < 1.29 is 4.79 Å². The zero-order valence-electron chi connectivity index (χ0n) is 10.5. The molecule has 0 unspecified atom stereocenters. The second-order valence-corrected chi connectivity index (χ2v) is 4.64. The molecule has 5 heteroatoms. The van der Waals surface area contributed by atoms with Crippen molar-refractivity contribution in [1.29, 1.82) is 0 Å². The molecule has 1 amide bonds. The van der Waals surface area contributed by atoms with E-state index < -0.39 is 0 Å². The van der Waals surface area contributed by atoms with Crippen molar-refractivity contribution in [3.05, 3.63) is 18.0 Å². The molecule has 1 aliphatic heterocycles. The van der Waals surface area contributed by atoms with Crippen LogP contribution in [0.15, 0.2) is 12.4 Å². The minimum Gasteiger partial charge on any atom is -0.349 e. The number of hydrogen-bond donors (Lipinski definition) is 1. The molecule has 94 valence electrons. The van der Waals surface area contributed by atoms with E-state index >= 15 is 0 Å². The summed E-state index contributed by atoms with van der Waals surface area (Å²) in [5, 5.41) is 7.18. The molecule has 5 nitrogen and oxygen atoms in total. The zero-order valence-corrected chi connectivity index (χ0v) is 10.5. The van der Waals surface area contributed by atoms with Crippen LogP contribution < -0.4 is 5.32 Å². The third-order valence-electron chi connectivity index (χ3n) is 3.27. The van der Waals surface area contributed by atoms with Crippen LogP contribution in [0.25, 0.3) is 0 Å². The highest BCUT2D eigenvalue weighted by Crippen LogP contribution is 2.09. The van der Waals surface area contributed by atoms with Crippen molar-refractivity contribution in [2.45, 2.75) is 32.4 Å². The van der Waals surface area contributed by atoms with Gasteiger partial charge in [-0.05, 0) is 39.9 Å². The first-order chi connectivity index (χ1) is 8.19. The third-order valence-corrected chi connectivity index (χ3v) is 3.27. The van der Waals surface area contributed by atoms with Gasteiger partial charge in [0.25, 0.3) is 5.91 Å². The Hall–Kier alpha value is -1.36. The highest BCUT2D eigenvalue weighted by atomic mass is 16.1. The van der Waals surface area contributed by atoms with Crippen LogP contribution in [0, 0.1) is 0 Å². The number of aryl methyl sites for hydroxylation is 1. The minimum absolute atomic E-state index is 0.000692. The van der Waals surface area contributed by atoms with Gasteiger partial charge in [-0.1, -0.05) is 0 Å². The number of nitrogens with zero attached hydrogens (tertiary/aromatic N) is 3. The number of carbonyl (C=O) groups is 1. The number of carbonyl (C=O) groups excluding carboxylic acids is 1. The lowest BCUT2D eigenvalue weighted by Gasteiger charge is -2.29. The van der Waals surface area contributed by atoms with Crippen molar-refractivity contribution in [3.8, 4) is 0 Å². The highest BCUT2D eigenvalue weighted by molar-refractivity contribution is 5.93. The van der Waals surface area contributed by atoms with Crippen LogP contribution in [0.5, 0.6) is 0 Å². The van der Waals surface area contributed by atoms with Crippen molar-refractivity contribution in [3.63, 3.8) is 0 Å². The van der Waals surface area contributed by atoms with E-state index in [0.29, 0.717) is 11.6 Å². The predicted molar refractivity (Wildman–Crippen MR) is 65.9 cm³/mol. The fourth-order valence-electron chi connectivity index (χ4n) is 2.08. The number of hydrogen-bond acceptors (Lipinski definition) is 3. The van der Waals surface area contributed by atoms with Crippen LogP contribution in [0.4, 0.5) is 0 Å². The summed E-state index contributed by atoms with van der Waals surface area (Å²) in [4.78, 5) is 14.2. The van der Waals surface area contributed by atoms with Gasteiger partial charge in [-0.2, -0.15) is 5.10 Å². The average Bonchev–Trinajstić information content (AvgIpc) is 2.81. The van der Waals surface area contributed by atoms with Gasteiger partial charge >= 0.3 is 0 Å². The molecule has 17 heavy (non-hydrogen) atoms. The van der Waals surface area contributed by atoms with E-state index in [2.05, 4.69) is 22.4 Å². The maximum absolute atomic E-state index is 11.9. The third kappa shape index (κ3) is 3.06. The lowest BCUT2D eigenvalue weighted by molar-refractivity contribution is 0.0917. The van der Waals surface area contributed by atoms with Gasteiger partial charge in [-0.3, -0.25) is 9.48 Å². The van der Waals surface area contributed by atoms with E-state index in [1.54, 1.807) is 17.1 Å². The van der Waals surface area contributed by atoms with Gasteiger partial charge < -0.3 is 10.2 Å². The molecule has 2 heterocycles. The Morgan fingerprint density at radius 3 is 2.82 bits per heavy atom. The molecule has 1 fully saturated rings. The van der Waals surface area contributed by atoms with E-state index in [9.17, 15) is 4.79 Å². The molecule has 0 bridgehead atoms. The Balaban J connectivity index is 1.88. The summed E-state index contributed by atoms with van der Waals surface area (Å²) in [5.74, 6) is -0.000692. The maximum atomic E-state index is 11.9. The Morgan fingerprint density at radius 1 is 1.53 bits per heavy atom. The molecule has 0 saturated carbocycles. The molecule has 0 aliphatic carbocycles. The molecule has 0 atom stereocenters. The van der Waals surface area contributed by atoms with Crippen molar-refractivity contribution in [1.82, 2.24) is 20.0 Å². The second kappa shape index (κ2) is 5.31. The first-order valence-electron chi connectivity index (χ1n) is 6.21. The Bertz CT molecular complexity index is 380. The van der Waals surface area contributed by atoms with Crippen LogP contribution in [0.1, 0.15) is 30.1 Å². The van der Waals surface area contributed by atoms with Crippen molar-refractivity contribution >= 4 is 5.91 Å². The van der Waals surface area contributed by atoms with E-state index in [-0.39, 0.29) is 5.91 Å². The summed E-state index contributed by atoms with van der Waals surface area (Å²) >= 11 is 0. The predicted octanol–water partition coefficient (Wildman–Crippen LogP) is 0.727. The fourth-order valence-corrected chi connectivity index (χ4v) is 2.08. The van der Waals surface area contributed by atoms with Gasteiger partial charge in [0.2, 0.25) is 0 Å². The number of aromatic nitrogens is 2. The van der Waals surface area contributed by atoms with Gasteiger partial charge in [0.15, 0.2) is 0 Å². The lowest BCUT2D eigenvalue weighted by Crippen LogP contribution is -2.43. The van der Waals surface area contributed by atoms with Crippen LogP contribution in [-0.4, -0.2) is 46.8 Å². The molecular weight excluding hydrogens is 216 g/mol. The monoisotopic (exact) mass is 236 g/mol. The Kier molecular flexibility index (Phi) is 3.78. The van der Waals surface area contributed by atoms with Gasteiger partial charge in [-0.25, -0.2) is 0 Å². The Morgan fingerprint density at radius 2 is 2.24 bits per heavy atom. The van der Waals surface area contributed by atoms with E-state index in [1.165, 1.54) is 0 Å². The molecule has 1 aromatic rings. The van der Waals surface area contributed by atoms with Crippen LogP contribution in [0.2, 0.25) is 0 Å². The van der Waals surface area contributed by atoms with E-state index in [4.69, 9.17) is 0 Å². The molecule has 0 radical (unpaired) electrons. The summed E-state index contributed by atoms with van der Waals surface area (Å²) in [6.45, 7) is 4.91. The zero-order chi connectivity index (χ0) is 12.3. The maximum Gasteiger partial charge on any atom is 0.254 e. The number of amides is 1. The quantitative estimate of drug-likeness (QED) is 0.841. The van der Waals surface area contributed by atoms with Gasteiger partial charge in [0.05, 0.1) is 11.8 Å². The number of piperidine rings is 1. The number of rotatable bonds is 3. The smallest absolute Gasteiger partial charge is 0.254 e. The van der Waals surface area contributed by atoms with E-state index in [0.717, 1.165) is 32.5 Å². The number of nitrogens with one attached hydrogen (secondary N) is 1. The van der Waals surface area contributed by atoms with E-state index in [1.807, 2.05) is 6.92 Å². The standard InChI is InChI=1S/C12H20N4O/c1-3-16-9-10(8-13-16)12(17)14-11-4-6-15(2)7-5-11/h8-9,11H,3-7H2,1-2H3,(H,14,17). The summed E-state index contributed by atoms with van der Waals surface area (Å²) in [5.41, 5.74) is 0.658. The van der Waals surface area contributed by atoms with Crippen molar-refractivity contribution in [2.24, 2.45) is 0 Å². The van der Waals surface area contributed by atoms with Crippen molar-refractivity contribution in [2.75, 3.05) is 20.1 Å². The summed E-state index contributed by atoms with van der Waals surface area (Å²) < 4.78 is 1.77.